The van der Waals surface area contributed by atoms with E-state index in [1.807, 2.05) is 0 Å². The molecule has 1 aromatic carbocycles. The van der Waals surface area contributed by atoms with Crippen molar-refractivity contribution in [1.29, 1.82) is 0 Å². The average molecular weight is 299 g/mol. The minimum Gasteiger partial charge on any atom is -0.497 e. The molecular formula is C16H23F2NO2. The van der Waals surface area contributed by atoms with Gasteiger partial charge in [-0.1, -0.05) is 13.8 Å². The Labute approximate surface area is 124 Å². The fourth-order valence-corrected chi connectivity index (χ4v) is 2.85. The van der Waals surface area contributed by atoms with E-state index < -0.39 is 6.61 Å². The smallest absolute Gasteiger partial charge is 0.387 e. The number of anilines is 1. The standard InChI is InChI=1S/C16H23F2NO2/c1-10-4-5-12(8-11(10)2)19-14-9-13(20-3)6-7-15(14)21-16(17)18/h6-7,9-12,16,19H,4-5,8H2,1-3H3. The van der Waals surface area contributed by atoms with Crippen LogP contribution in [-0.4, -0.2) is 19.8 Å². The highest BCUT2D eigenvalue weighted by molar-refractivity contribution is 5.60. The van der Waals surface area contributed by atoms with E-state index in [4.69, 9.17) is 4.74 Å². The van der Waals surface area contributed by atoms with Crippen LogP contribution in [0.2, 0.25) is 0 Å². The largest absolute Gasteiger partial charge is 0.497 e. The molecule has 0 amide bonds. The van der Waals surface area contributed by atoms with Crippen LogP contribution in [0.4, 0.5) is 14.5 Å². The minimum absolute atomic E-state index is 0.164. The molecule has 3 unspecified atom stereocenters. The lowest BCUT2D eigenvalue weighted by Gasteiger charge is -2.33. The lowest BCUT2D eigenvalue weighted by atomic mass is 9.79. The van der Waals surface area contributed by atoms with Crippen molar-refractivity contribution in [2.45, 2.75) is 45.8 Å². The quantitative estimate of drug-likeness (QED) is 0.866. The maximum atomic E-state index is 12.5. The Balaban J connectivity index is 2.13. The SMILES string of the molecule is COc1ccc(OC(F)F)c(NC2CCC(C)C(C)C2)c1. The molecule has 1 N–H and O–H groups in total. The maximum Gasteiger partial charge on any atom is 0.387 e. The van der Waals surface area contributed by atoms with Crippen molar-refractivity contribution in [3.05, 3.63) is 18.2 Å². The zero-order valence-electron chi connectivity index (χ0n) is 12.7. The van der Waals surface area contributed by atoms with Crippen molar-refractivity contribution in [3.8, 4) is 11.5 Å². The fourth-order valence-electron chi connectivity index (χ4n) is 2.85. The molecule has 1 aliphatic rings. The molecule has 0 spiro atoms. The van der Waals surface area contributed by atoms with E-state index in [0.29, 0.717) is 23.3 Å². The van der Waals surface area contributed by atoms with Gasteiger partial charge in [0.15, 0.2) is 0 Å². The average Bonchev–Trinajstić information content (AvgIpc) is 2.44. The number of hydrogen-bond donors (Lipinski definition) is 1. The van der Waals surface area contributed by atoms with Crippen LogP contribution < -0.4 is 14.8 Å². The predicted octanol–water partition coefficient (Wildman–Crippen LogP) is 4.53. The summed E-state index contributed by atoms with van der Waals surface area (Å²) in [6.07, 6.45) is 3.22. The number of alkyl halides is 2. The molecule has 21 heavy (non-hydrogen) atoms. The summed E-state index contributed by atoms with van der Waals surface area (Å²) in [6.45, 7) is 1.67. The molecule has 0 heterocycles. The molecule has 3 atom stereocenters. The van der Waals surface area contributed by atoms with E-state index in [-0.39, 0.29) is 11.8 Å². The second kappa shape index (κ2) is 6.96. The number of ether oxygens (including phenoxy) is 2. The van der Waals surface area contributed by atoms with E-state index in [9.17, 15) is 8.78 Å². The van der Waals surface area contributed by atoms with Crippen molar-refractivity contribution in [2.24, 2.45) is 11.8 Å². The van der Waals surface area contributed by atoms with Gasteiger partial charge in [0.1, 0.15) is 11.5 Å². The van der Waals surface area contributed by atoms with Crippen molar-refractivity contribution in [1.82, 2.24) is 0 Å². The third kappa shape index (κ3) is 4.22. The molecule has 0 aliphatic heterocycles. The van der Waals surface area contributed by atoms with Crippen molar-refractivity contribution < 1.29 is 18.3 Å². The molecule has 118 valence electrons. The van der Waals surface area contributed by atoms with Crippen LogP contribution >= 0.6 is 0 Å². The molecule has 0 bridgehead atoms. The van der Waals surface area contributed by atoms with E-state index >= 15 is 0 Å². The summed E-state index contributed by atoms with van der Waals surface area (Å²) in [7, 11) is 1.55. The second-order valence-electron chi connectivity index (χ2n) is 5.85. The predicted molar refractivity (Wildman–Crippen MR) is 79.2 cm³/mol. The molecule has 1 aliphatic carbocycles. The van der Waals surface area contributed by atoms with Gasteiger partial charge in [0.2, 0.25) is 0 Å². The molecule has 3 nitrogen and oxygen atoms in total. The molecule has 0 radical (unpaired) electrons. The van der Waals surface area contributed by atoms with Gasteiger partial charge in [-0.25, -0.2) is 0 Å². The van der Waals surface area contributed by atoms with Crippen molar-refractivity contribution >= 4 is 5.69 Å². The zero-order chi connectivity index (χ0) is 15.4. The summed E-state index contributed by atoms with van der Waals surface area (Å²) in [5, 5.41) is 3.34. The highest BCUT2D eigenvalue weighted by Gasteiger charge is 2.25. The third-order valence-corrected chi connectivity index (χ3v) is 4.36. The lowest BCUT2D eigenvalue weighted by molar-refractivity contribution is -0.0494. The van der Waals surface area contributed by atoms with Crippen LogP contribution in [0.5, 0.6) is 11.5 Å². The number of rotatable bonds is 5. The number of halogens is 2. The normalized spacial score (nSPS) is 25.7. The Bertz CT molecular complexity index is 468. The highest BCUT2D eigenvalue weighted by atomic mass is 19.3. The molecular weight excluding hydrogens is 276 g/mol. The van der Waals surface area contributed by atoms with Crippen LogP contribution in [0.3, 0.4) is 0 Å². The summed E-state index contributed by atoms with van der Waals surface area (Å²) < 4.78 is 34.7. The van der Waals surface area contributed by atoms with Gasteiger partial charge in [-0.15, -0.1) is 0 Å². The maximum absolute atomic E-state index is 12.5. The Kier molecular flexibility index (Phi) is 5.26. The number of benzene rings is 1. The van der Waals surface area contributed by atoms with Crippen molar-refractivity contribution in [2.75, 3.05) is 12.4 Å². The molecule has 1 aromatic rings. The van der Waals surface area contributed by atoms with E-state index in [1.165, 1.54) is 6.07 Å². The Hall–Kier alpha value is -1.52. The Morgan fingerprint density at radius 1 is 1.19 bits per heavy atom. The van der Waals surface area contributed by atoms with E-state index in [0.717, 1.165) is 19.3 Å². The summed E-state index contributed by atoms with van der Waals surface area (Å²) in [5.74, 6) is 2.12. The van der Waals surface area contributed by atoms with Gasteiger partial charge in [-0.3, -0.25) is 0 Å². The number of hydrogen-bond acceptors (Lipinski definition) is 3. The zero-order valence-corrected chi connectivity index (χ0v) is 12.7. The summed E-state index contributed by atoms with van der Waals surface area (Å²) in [5.41, 5.74) is 0.571. The molecule has 5 heteroatoms. The van der Waals surface area contributed by atoms with Crippen molar-refractivity contribution in [3.63, 3.8) is 0 Å². The second-order valence-corrected chi connectivity index (χ2v) is 5.85. The molecule has 2 rings (SSSR count). The van der Waals surface area contributed by atoms with Crippen LogP contribution in [0.1, 0.15) is 33.1 Å². The van der Waals surface area contributed by atoms with Gasteiger partial charge in [0.05, 0.1) is 12.8 Å². The highest BCUT2D eigenvalue weighted by Crippen LogP contribution is 2.35. The van der Waals surface area contributed by atoms with Crippen LogP contribution in [0.25, 0.3) is 0 Å². The first-order valence-corrected chi connectivity index (χ1v) is 7.39. The summed E-state index contributed by atoms with van der Waals surface area (Å²) >= 11 is 0. The summed E-state index contributed by atoms with van der Waals surface area (Å²) in [6, 6.07) is 5.13. The molecule has 0 aromatic heterocycles. The first-order valence-electron chi connectivity index (χ1n) is 7.39. The van der Waals surface area contributed by atoms with Crippen LogP contribution in [-0.2, 0) is 0 Å². The molecule has 1 saturated carbocycles. The van der Waals surface area contributed by atoms with Crippen LogP contribution in [0.15, 0.2) is 18.2 Å². The fraction of sp³-hybridized carbons (Fsp3) is 0.625. The van der Waals surface area contributed by atoms with Gasteiger partial charge in [0.25, 0.3) is 0 Å². The first kappa shape index (κ1) is 15.9. The monoisotopic (exact) mass is 299 g/mol. The number of methoxy groups -OCH3 is 1. The molecule has 0 saturated heterocycles. The Morgan fingerprint density at radius 2 is 1.95 bits per heavy atom. The summed E-state index contributed by atoms with van der Waals surface area (Å²) in [4.78, 5) is 0. The van der Waals surface area contributed by atoms with Gasteiger partial charge in [0, 0.05) is 12.1 Å². The van der Waals surface area contributed by atoms with Crippen LogP contribution in [0, 0.1) is 11.8 Å². The minimum atomic E-state index is -2.83. The third-order valence-electron chi connectivity index (χ3n) is 4.36. The topological polar surface area (TPSA) is 30.5 Å². The van der Waals surface area contributed by atoms with Gasteiger partial charge in [-0.2, -0.15) is 8.78 Å². The van der Waals surface area contributed by atoms with Gasteiger partial charge in [-0.05, 0) is 43.2 Å². The van der Waals surface area contributed by atoms with Gasteiger partial charge >= 0.3 is 6.61 Å². The molecule has 1 fully saturated rings. The van der Waals surface area contributed by atoms with Gasteiger partial charge < -0.3 is 14.8 Å². The van der Waals surface area contributed by atoms with E-state index in [2.05, 4.69) is 23.9 Å². The number of nitrogens with one attached hydrogen (secondary N) is 1. The lowest BCUT2D eigenvalue weighted by Crippen LogP contribution is -2.30. The van der Waals surface area contributed by atoms with E-state index in [1.54, 1.807) is 19.2 Å². The Morgan fingerprint density at radius 3 is 2.57 bits per heavy atom. The first-order chi connectivity index (χ1) is 9.99.